The smallest absolute Gasteiger partial charge is 0.314 e. The average molecular weight is 343 g/mol. The Morgan fingerprint density at radius 3 is 3.00 bits per heavy atom. The van der Waals surface area contributed by atoms with Gasteiger partial charge in [0.15, 0.2) is 0 Å². The molecular weight excluding hydrogens is 322 g/mol. The van der Waals surface area contributed by atoms with Crippen LogP contribution in [-0.2, 0) is 6.42 Å². The molecule has 2 N–H and O–H groups in total. The van der Waals surface area contributed by atoms with E-state index in [2.05, 4.69) is 27.5 Å². The third kappa shape index (κ3) is 4.11. The van der Waals surface area contributed by atoms with E-state index < -0.39 is 0 Å². The molecule has 0 radical (unpaired) electrons. The molecule has 6 nitrogen and oxygen atoms in total. The maximum Gasteiger partial charge on any atom is 0.314 e. The highest BCUT2D eigenvalue weighted by Crippen LogP contribution is 2.20. The summed E-state index contributed by atoms with van der Waals surface area (Å²) >= 11 is 1.67. The second-order valence-electron chi connectivity index (χ2n) is 5.80. The Kier molecular flexibility index (Phi) is 5.10. The number of urea groups is 1. The summed E-state index contributed by atoms with van der Waals surface area (Å²) in [6.45, 7) is 5.23. The SMILES string of the molecule is Cc1cnc([C@H](C)CNC(=O)NCCc2cn3ccccc3n2)s1. The molecule has 2 amide bonds. The fourth-order valence-electron chi connectivity index (χ4n) is 2.41. The van der Waals surface area contributed by atoms with Crippen LogP contribution in [0.5, 0.6) is 0 Å². The first-order valence-corrected chi connectivity index (χ1v) is 8.80. The van der Waals surface area contributed by atoms with Gasteiger partial charge in [0.25, 0.3) is 0 Å². The quantitative estimate of drug-likeness (QED) is 0.723. The first-order valence-electron chi connectivity index (χ1n) is 7.98. The topological polar surface area (TPSA) is 71.3 Å². The van der Waals surface area contributed by atoms with E-state index in [9.17, 15) is 4.79 Å². The molecule has 0 aliphatic heterocycles. The number of thiazole rings is 1. The number of fused-ring (bicyclic) bond motifs is 1. The zero-order chi connectivity index (χ0) is 16.9. The van der Waals surface area contributed by atoms with Crippen LogP contribution in [0.25, 0.3) is 5.65 Å². The van der Waals surface area contributed by atoms with Gasteiger partial charge in [0.05, 0.1) is 10.7 Å². The predicted molar refractivity (Wildman–Crippen MR) is 95.6 cm³/mol. The summed E-state index contributed by atoms with van der Waals surface area (Å²) in [5.74, 6) is 0.216. The van der Waals surface area contributed by atoms with Crippen molar-refractivity contribution in [2.24, 2.45) is 0 Å². The van der Waals surface area contributed by atoms with Gasteiger partial charge < -0.3 is 15.0 Å². The Morgan fingerprint density at radius 2 is 2.25 bits per heavy atom. The average Bonchev–Trinajstić information content (AvgIpc) is 3.18. The number of rotatable bonds is 6. The van der Waals surface area contributed by atoms with Gasteiger partial charge in [-0.05, 0) is 19.1 Å². The lowest BCUT2D eigenvalue weighted by atomic mass is 10.2. The van der Waals surface area contributed by atoms with E-state index in [4.69, 9.17) is 0 Å². The summed E-state index contributed by atoms with van der Waals surface area (Å²) in [6, 6.07) is 5.74. The zero-order valence-corrected chi connectivity index (χ0v) is 14.6. The van der Waals surface area contributed by atoms with E-state index in [0.29, 0.717) is 19.5 Å². The first-order chi connectivity index (χ1) is 11.6. The van der Waals surface area contributed by atoms with Crippen molar-refractivity contribution >= 4 is 23.0 Å². The monoisotopic (exact) mass is 343 g/mol. The summed E-state index contributed by atoms with van der Waals surface area (Å²) in [5.41, 5.74) is 1.89. The number of hydrogen-bond donors (Lipinski definition) is 2. The molecule has 0 unspecified atom stereocenters. The van der Waals surface area contributed by atoms with Crippen LogP contribution in [0.4, 0.5) is 4.79 Å². The minimum atomic E-state index is -0.154. The Bertz CT molecular complexity index is 792. The van der Waals surface area contributed by atoms with Gasteiger partial charge in [0.1, 0.15) is 5.65 Å². The second kappa shape index (κ2) is 7.44. The normalized spacial score (nSPS) is 12.2. The van der Waals surface area contributed by atoms with Gasteiger partial charge in [-0.1, -0.05) is 13.0 Å². The number of nitrogens with one attached hydrogen (secondary N) is 2. The number of hydrogen-bond acceptors (Lipinski definition) is 4. The molecule has 0 aliphatic rings. The number of nitrogens with zero attached hydrogens (tertiary/aromatic N) is 3. The van der Waals surface area contributed by atoms with Crippen LogP contribution in [0.2, 0.25) is 0 Å². The molecule has 0 fully saturated rings. The number of amides is 2. The van der Waals surface area contributed by atoms with Crippen molar-refractivity contribution in [1.29, 1.82) is 0 Å². The summed E-state index contributed by atoms with van der Waals surface area (Å²) in [4.78, 5) is 21.9. The van der Waals surface area contributed by atoms with Crippen molar-refractivity contribution in [2.75, 3.05) is 13.1 Å². The highest BCUT2D eigenvalue weighted by Gasteiger charge is 2.11. The van der Waals surface area contributed by atoms with Crippen LogP contribution in [0.1, 0.15) is 28.4 Å². The highest BCUT2D eigenvalue weighted by atomic mass is 32.1. The molecule has 0 aliphatic carbocycles. The highest BCUT2D eigenvalue weighted by molar-refractivity contribution is 7.11. The van der Waals surface area contributed by atoms with E-state index in [1.807, 2.05) is 48.1 Å². The van der Waals surface area contributed by atoms with Crippen molar-refractivity contribution in [2.45, 2.75) is 26.2 Å². The maximum atomic E-state index is 11.9. The molecule has 0 aromatic carbocycles. The number of aryl methyl sites for hydroxylation is 1. The number of pyridine rings is 1. The minimum absolute atomic E-state index is 0.154. The molecule has 7 heteroatoms. The van der Waals surface area contributed by atoms with Gasteiger partial charge in [-0.25, -0.2) is 14.8 Å². The Hall–Kier alpha value is -2.41. The van der Waals surface area contributed by atoms with Gasteiger partial charge in [0.2, 0.25) is 0 Å². The fourth-order valence-corrected chi connectivity index (χ4v) is 3.23. The summed E-state index contributed by atoms with van der Waals surface area (Å²) < 4.78 is 1.98. The third-order valence-electron chi connectivity index (χ3n) is 3.71. The molecule has 1 atom stereocenters. The fraction of sp³-hybridized carbons (Fsp3) is 0.353. The van der Waals surface area contributed by atoms with Crippen molar-refractivity contribution in [3.05, 3.63) is 52.4 Å². The van der Waals surface area contributed by atoms with Crippen molar-refractivity contribution < 1.29 is 4.79 Å². The van der Waals surface area contributed by atoms with Gasteiger partial charge in [-0.3, -0.25) is 0 Å². The van der Waals surface area contributed by atoms with Crippen LogP contribution in [0, 0.1) is 6.92 Å². The molecule has 126 valence electrons. The Morgan fingerprint density at radius 1 is 1.38 bits per heavy atom. The van der Waals surface area contributed by atoms with Crippen LogP contribution < -0.4 is 10.6 Å². The van der Waals surface area contributed by atoms with E-state index in [1.165, 1.54) is 4.88 Å². The van der Waals surface area contributed by atoms with Gasteiger partial charge in [-0.15, -0.1) is 11.3 Å². The molecular formula is C17H21N5OS. The summed E-state index contributed by atoms with van der Waals surface area (Å²) in [7, 11) is 0. The molecule has 3 aromatic heterocycles. The van der Waals surface area contributed by atoms with Crippen LogP contribution in [-0.4, -0.2) is 33.5 Å². The van der Waals surface area contributed by atoms with Crippen molar-refractivity contribution in [3.8, 4) is 0 Å². The van der Waals surface area contributed by atoms with Crippen LogP contribution in [0.3, 0.4) is 0 Å². The lowest BCUT2D eigenvalue weighted by Gasteiger charge is -2.11. The largest absolute Gasteiger partial charge is 0.338 e. The van der Waals surface area contributed by atoms with Gasteiger partial charge >= 0.3 is 6.03 Å². The van der Waals surface area contributed by atoms with Gasteiger partial charge in [0, 0.05) is 48.9 Å². The number of aromatic nitrogens is 3. The third-order valence-corrected chi connectivity index (χ3v) is 4.85. The van der Waals surface area contributed by atoms with Gasteiger partial charge in [-0.2, -0.15) is 0 Å². The summed E-state index contributed by atoms with van der Waals surface area (Å²) in [5, 5.41) is 6.82. The van der Waals surface area contributed by atoms with Crippen molar-refractivity contribution in [3.63, 3.8) is 0 Å². The molecule has 0 bridgehead atoms. The van der Waals surface area contributed by atoms with Crippen LogP contribution >= 0.6 is 11.3 Å². The van der Waals surface area contributed by atoms with E-state index in [-0.39, 0.29) is 11.9 Å². The molecule has 0 spiro atoms. The number of carbonyl (C=O) groups is 1. The summed E-state index contributed by atoms with van der Waals surface area (Å²) in [6.07, 6.45) is 6.53. The molecule has 3 rings (SSSR count). The van der Waals surface area contributed by atoms with Crippen LogP contribution in [0.15, 0.2) is 36.8 Å². The predicted octanol–water partition coefficient (Wildman–Crippen LogP) is 2.74. The lowest BCUT2D eigenvalue weighted by Crippen LogP contribution is -2.38. The molecule has 0 saturated heterocycles. The zero-order valence-electron chi connectivity index (χ0n) is 13.8. The van der Waals surface area contributed by atoms with E-state index >= 15 is 0 Å². The van der Waals surface area contributed by atoms with E-state index in [0.717, 1.165) is 16.3 Å². The maximum absolute atomic E-state index is 11.9. The van der Waals surface area contributed by atoms with Crippen molar-refractivity contribution in [1.82, 2.24) is 25.0 Å². The van der Waals surface area contributed by atoms with E-state index in [1.54, 1.807) is 11.3 Å². The molecule has 0 saturated carbocycles. The first kappa shape index (κ1) is 16.4. The lowest BCUT2D eigenvalue weighted by molar-refractivity contribution is 0.240. The number of carbonyl (C=O) groups excluding carboxylic acids is 1. The standard InChI is InChI=1S/C17H21N5OS/c1-12(16-19-10-13(2)24-16)9-20-17(23)18-7-6-14-11-22-8-4-3-5-15(22)21-14/h3-5,8,10-12H,6-7,9H2,1-2H3,(H2,18,20,23)/t12-/m1/s1. The minimum Gasteiger partial charge on any atom is -0.338 e. The number of imidazole rings is 1. The molecule has 3 aromatic rings. The molecule has 3 heterocycles. The Balaban J connectivity index is 1.40. The second-order valence-corrected chi connectivity index (χ2v) is 7.06. The molecule has 24 heavy (non-hydrogen) atoms. The Labute approximate surface area is 145 Å².